The molecular formula is C17H20ClN5. The molecule has 3 aromatic rings. The number of nitrogens with zero attached hydrogens (tertiary/aromatic N) is 4. The lowest BCUT2D eigenvalue weighted by atomic mass is 10.2. The van der Waals surface area contributed by atoms with E-state index in [1.165, 1.54) is 0 Å². The van der Waals surface area contributed by atoms with Crippen LogP contribution in [0.2, 0.25) is 5.02 Å². The molecule has 0 saturated heterocycles. The second-order valence-electron chi connectivity index (χ2n) is 5.54. The average Bonchev–Trinajstić information content (AvgIpc) is 2.99. The van der Waals surface area contributed by atoms with E-state index in [2.05, 4.69) is 34.2 Å². The first-order valence-electron chi connectivity index (χ1n) is 7.90. The fourth-order valence-electron chi connectivity index (χ4n) is 2.36. The fraction of sp³-hybridized carbons (Fsp3) is 0.353. The molecule has 0 aliphatic carbocycles. The summed E-state index contributed by atoms with van der Waals surface area (Å²) in [5.74, 6) is 1.62. The summed E-state index contributed by atoms with van der Waals surface area (Å²) in [5, 5.41) is 9.49. The van der Waals surface area contributed by atoms with Gasteiger partial charge in [-0.15, -0.1) is 0 Å². The molecule has 1 aromatic carbocycles. The third-order valence-corrected chi connectivity index (χ3v) is 4.19. The Kier molecular flexibility index (Phi) is 4.48. The summed E-state index contributed by atoms with van der Waals surface area (Å²) in [6.45, 7) is 6.33. The van der Waals surface area contributed by atoms with E-state index in [1.54, 1.807) is 10.9 Å². The maximum absolute atomic E-state index is 6.32. The summed E-state index contributed by atoms with van der Waals surface area (Å²) in [4.78, 5) is 9.28. The number of rotatable bonds is 5. The Labute approximate surface area is 140 Å². The van der Waals surface area contributed by atoms with Gasteiger partial charge in [-0.1, -0.05) is 37.6 Å². The van der Waals surface area contributed by atoms with Crippen molar-refractivity contribution >= 4 is 28.5 Å². The van der Waals surface area contributed by atoms with Gasteiger partial charge in [-0.2, -0.15) is 5.10 Å². The van der Waals surface area contributed by atoms with Gasteiger partial charge in [0.05, 0.1) is 22.3 Å². The lowest BCUT2D eigenvalue weighted by Crippen LogP contribution is -2.15. The van der Waals surface area contributed by atoms with Crippen molar-refractivity contribution in [3.63, 3.8) is 0 Å². The third kappa shape index (κ3) is 3.01. The molecule has 1 N–H and O–H groups in total. The molecule has 5 nitrogen and oxygen atoms in total. The van der Waals surface area contributed by atoms with Crippen LogP contribution in [0.25, 0.3) is 16.7 Å². The van der Waals surface area contributed by atoms with Crippen molar-refractivity contribution in [1.29, 1.82) is 0 Å². The van der Waals surface area contributed by atoms with Gasteiger partial charge in [0.1, 0.15) is 11.6 Å². The maximum atomic E-state index is 6.32. The Bertz CT molecular complexity index is 827. The normalized spacial score (nSPS) is 12.5. The lowest BCUT2D eigenvalue weighted by Gasteiger charge is -2.14. The molecule has 0 saturated carbocycles. The summed E-state index contributed by atoms with van der Waals surface area (Å²) in [6.07, 6.45) is 3.58. The number of para-hydroxylation sites is 1. The molecule has 23 heavy (non-hydrogen) atoms. The van der Waals surface area contributed by atoms with Crippen molar-refractivity contribution in [3.05, 3.63) is 41.3 Å². The lowest BCUT2D eigenvalue weighted by molar-refractivity contribution is 0.757. The van der Waals surface area contributed by atoms with Gasteiger partial charge in [0.25, 0.3) is 0 Å². The Morgan fingerprint density at radius 2 is 2.00 bits per heavy atom. The van der Waals surface area contributed by atoms with E-state index < -0.39 is 0 Å². The van der Waals surface area contributed by atoms with Crippen molar-refractivity contribution < 1.29 is 0 Å². The number of anilines is 1. The van der Waals surface area contributed by atoms with Crippen molar-refractivity contribution in [3.8, 4) is 5.69 Å². The van der Waals surface area contributed by atoms with E-state index >= 15 is 0 Å². The Hall–Kier alpha value is -2.14. The van der Waals surface area contributed by atoms with Crippen molar-refractivity contribution in [1.82, 2.24) is 19.7 Å². The molecule has 120 valence electrons. The van der Waals surface area contributed by atoms with Gasteiger partial charge in [-0.05, 0) is 25.5 Å². The summed E-state index contributed by atoms with van der Waals surface area (Å²) in [5.41, 5.74) is 1.59. The molecule has 1 atom stereocenters. The minimum atomic E-state index is 0.335. The first-order chi connectivity index (χ1) is 11.1. The van der Waals surface area contributed by atoms with Crippen LogP contribution < -0.4 is 5.32 Å². The molecular weight excluding hydrogens is 310 g/mol. The van der Waals surface area contributed by atoms with Crippen molar-refractivity contribution in [2.75, 3.05) is 5.32 Å². The number of benzene rings is 1. The minimum Gasteiger partial charge on any atom is -0.367 e. The Morgan fingerprint density at radius 1 is 1.22 bits per heavy atom. The highest BCUT2D eigenvalue weighted by Crippen LogP contribution is 2.26. The number of aromatic nitrogens is 4. The predicted octanol–water partition coefficient (Wildman–Crippen LogP) is 4.24. The molecule has 0 aliphatic rings. The number of fused-ring (bicyclic) bond motifs is 1. The zero-order chi connectivity index (χ0) is 16.4. The Morgan fingerprint density at radius 3 is 2.70 bits per heavy atom. The molecule has 0 bridgehead atoms. The highest BCUT2D eigenvalue weighted by molar-refractivity contribution is 6.32. The minimum absolute atomic E-state index is 0.335. The first kappa shape index (κ1) is 15.7. The van der Waals surface area contributed by atoms with Crippen LogP contribution in [0.4, 0.5) is 5.82 Å². The highest BCUT2D eigenvalue weighted by Gasteiger charge is 2.15. The molecule has 0 spiro atoms. The summed E-state index contributed by atoms with van der Waals surface area (Å²) < 4.78 is 1.78. The van der Waals surface area contributed by atoms with Gasteiger partial charge in [0.15, 0.2) is 5.65 Å². The smallest absolute Gasteiger partial charge is 0.168 e. The van der Waals surface area contributed by atoms with Crippen LogP contribution in [0.1, 0.15) is 33.0 Å². The average molecular weight is 330 g/mol. The van der Waals surface area contributed by atoms with Crippen LogP contribution in [0, 0.1) is 0 Å². The van der Waals surface area contributed by atoms with Crippen LogP contribution in [-0.4, -0.2) is 25.8 Å². The van der Waals surface area contributed by atoms with Crippen LogP contribution in [0.15, 0.2) is 30.5 Å². The van der Waals surface area contributed by atoms with Gasteiger partial charge in [0.2, 0.25) is 0 Å². The molecule has 2 heterocycles. The second-order valence-corrected chi connectivity index (χ2v) is 5.95. The SMILES string of the molecule is CCc1nc(N[C@@H](C)CC)c2cnn(-c3ccccc3Cl)c2n1. The fourth-order valence-corrected chi connectivity index (χ4v) is 2.57. The number of hydrogen-bond acceptors (Lipinski definition) is 4. The van der Waals surface area contributed by atoms with E-state index in [0.29, 0.717) is 11.1 Å². The summed E-state index contributed by atoms with van der Waals surface area (Å²) in [6, 6.07) is 7.96. The molecule has 6 heteroatoms. The van der Waals surface area contributed by atoms with E-state index in [9.17, 15) is 0 Å². The molecule has 0 unspecified atom stereocenters. The van der Waals surface area contributed by atoms with Crippen molar-refractivity contribution in [2.24, 2.45) is 0 Å². The van der Waals surface area contributed by atoms with E-state index in [4.69, 9.17) is 11.6 Å². The number of aryl methyl sites for hydroxylation is 1. The number of hydrogen-bond donors (Lipinski definition) is 1. The number of halogens is 1. The maximum Gasteiger partial charge on any atom is 0.168 e. The zero-order valence-corrected chi connectivity index (χ0v) is 14.3. The topological polar surface area (TPSA) is 55.6 Å². The van der Waals surface area contributed by atoms with Crippen LogP contribution in [0.3, 0.4) is 0 Å². The summed E-state index contributed by atoms with van der Waals surface area (Å²) >= 11 is 6.32. The number of nitrogens with one attached hydrogen (secondary N) is 1. The Balaban J connectivity index is 2.19. The van der Waals surface area contributed by atoms with Gasteiger partial charge >= 0.3 is 0 Å². The van der Waals surface area contributed by atoms with Gasteiger partial charge < -0.3 is 5.32 Å². The highest BCUT2D eigenvalue weighted by atomic mass is 35.5. The monoisotopic (exact) mass is 329 g/mol. The third-order valence-electron chi connectivity index (χ3n) is 3.87. The second kappa shape index (κ2) is 6.54. The molecule has 2 aromatic heterocycles. The molecule has 3 rings (SSSR count). The summed E-state index contributed by atoms with van der Waals surface area (Å²) in [7, 11) is 0. The van der Waals surface area contributed by atoms with E-state index in [1.807, 2.05) is 31.2 Å². The van der Waals surface area contributed by atoms with Crippen molar-refractivity contribution in [2.45, 2.75) is 39.7 Å². The van der Waals surface area contributed by atoms with Gasteiger partial charge in [-0.3, -0.25) is 0 Å². The first-order valence-corrected chi connectivity index (χ1v) is 8.27. The standard InChI is InChI=1S/C17H20ClN5/c1-4-11(3)20-16-12-10-19-23(14-9-7-6-8-13(14)18)17(12)22-15(5-2)21-16/h6-11H,4-5H2,1-3H3,(H,20,21,22)/t11-/m0/s1. The van der Waals surface area contributed by atoms with Gasteiger partial charge in [0, 0.05) is 12.5 Å². The zero-order valence-electron chi connectivity index (χ0n) is 13.5. The van der Waals surface area contributed by atoms with E-state index in [0.717, 1.165) is 41.2 Å². The molecule has 0 aliphatic heterocycles. The van der Waals surface area contributed by atoms with Gasteiger partial charge in [-0.25, -0.2) is 14.6 Å². The quantitative estimate of drug-likeness (QED) is 0.760. The van der Waals surface area contributed by atoms with E-state index in [-0.39, 0.29) is 0 Å². The molecule has 0 fully saturated rings. The van der Waals surface area contributed by atoms with Crippen LogP contribution in [-0.2, 0) is 6.42 Å². The molecule has 0 radical (unpaired) electrons. The van der Waals surface area contributed by atoms with Crippen LogP contribution in [0.5, 0.6) is 0 Å². The largest absolute Gasteiger partial charge is 0.367 e. The van der Waals surface area contributed by atoms with Crippen LogP contribution >= 0.6 is 11.6 Å². The molecule has 0 amide bonds. The predicted molar refractivity (Wildman–Crippen MR) is 94.4 cm³/mol.